The highest BCUT2D eigenvalue weighted by atomic mass is 19.1. The van der Waals surface area contributed by atoms with Crippen LogP contribution in [0.1, 0.15) is 18.5 Å². The molecule has 1 aliphatic heterocycles. The topological polar surface area (TPSA) is 81.2 Å². The van der Waals surface area contributed by atoms with E-state index in [1.807, 2.05) is 18.3 Å². The first-order valence-electron chi connectivity index (χ1n) is 11.4. The number of nitrogens with zero attached hydrogens (tertiary/aromatic N) is 6. The van der Waals surface area contributed by atoms with Crippen LogP contribution < -0.4 is 4.90 Å². The van der Waals surface area contributed by atoms with Crippen LogP contribution in [0.4, 0.5) is 14.5 Å². The number of hydrogen-bond acceptors (Lipinski definition) is 6. The molecule has 8 nitrogen and oxygen atoms in total. The van der Waals surface area contributed by atoms with E-state index < -0.39 is 23.3 Å². The predicted molar refractivity (Wildman–Crippen MR) is 126 cm³/mol. The van der Waals surface area contributed by atoms with Crippen molar-refractivity contribution in [3.8, 4) is 11.1 Å². The Labute approximate surface area is 201 Å². The van der Waals surface area contributed by atoms with E-state index in [0.717, 1.165) is 42.0 Å². The molecule has 0 bridgehead atoms. The molecule has 0 aliphatic carbocycles. The van der Waals surface area contributed by atoms with Crippen LogP contribution in [0.2, 0.25) is 0 Å². The molecule has 1 saturated heterocycles. The molecule has 3 heterocycles. The van der Waals surface area contributed by atoms with Crippen LogP contribution in [-0.2, 0) is 16.9 Å². The zero-order valence-corrected chi connectivity index (χ0v) is 19.3. The fourth-order valence-corrected chi connectivity index (χ4v) is 4.47. The highest BCUT2D eigenvalue weighted by Gasteiger charge is 2.40. The largest absolute Gasteiger partial charge is 0.381 e. The van der Waals surface area contributed by atoms with E-state index in [0.29, 0.717) is 13.2 Å². The van der Waals surface area contributed by atoms with Crippen LogP contribution >= 0.6 is 0 Å². The van der Waals surface area contributed by atoms with Gasteiger partial charge in [-0.15, -0.1) is 0 Å². The number of halogens is 2. The van der Waals surface area contributed by atoms with Gasteiger partial charge in [0.2, 0.25) is 0 Å². The van der Waals surface area contributed by atoms with Crippen molar-refractivity contribution >= 4 is 5.69 Å². The van der Waals surface area contributed by atoms with Crippen molar-refractivity contribution in [2.45, 2.75) is 25.1 Å². The molecule has 5 rings (SSSR count). The van der Waals surface area contributed by atoms with Crippen LogP contribution in [0.5, 0.6) is 0 Å². The van der Waals surface area contributed by atoms with E-state index in [1.54, 1.807) is 17.8 Å². The first kappa shape index (κ1) is 23.1. The van der Waals surface area contributed by atoms with E-state index in [9.17, 15) is 13.9 Å². The summed E-state index contributed by atoms with van der Waals surface area (Å²) in [4.78, 5) is 6.18. The lowest BCUT2D eigenvalue weighted by molar-refractivity contribution is -0.0368. The van der Waals surface area contributed by atoms with Crippen LogP contribution in [0.15, 0.2) is 67.5 Å². The molecule has 1 aliphatic rings. The van der Waals surface area contributed by atoms with Crippen molar-refractivity contribution in [3.05, 3.63) is 84.7 Å². The van der Waals surface area contributed by atoms with E-state index >= 15 is 0 Å². The maximum absolute atomic E-state index is 14.9. The number of aliphatic hydroxyl groups is 1. The van der Waals surface area contributed by atoms with Crippen molar-refractivity contribution in [3.63, 3.8) is 0 Å². The number of morpholine rings is 1. The lowest BCUT2D eigenvalue weighted by Crippen LogP contribution is -2.40. The Morgan fingerprint density at radius 2 is 1.91 bits per heavy atom. The fraction of sp³-hybridized carbons (Fsp3) is 0.320. The number of aromatic nitrogens is 5. The number of ether oxygens (including phenoxy) is 1. The third kappa shape index (κ3) is 4.67. The Kier molecular flexibility index (Phi) is 6.31. The molecule has 2 aromatic carbocycles. The number of anilines is 1. The van der Waals surface area contributed by atoms with Crippen molar-refractivity contribution in [2.75, 3.05) is 31.2 Å². The van der Waals surface area contributed by atoms with Gasteiger partial charge in [0.1, 0.15) is 29.9 Å². The van der Waals surface area contributed by atoms with Crippen molar-refractivity contribution in [2.24, 2.45) is 0 Å². The maximum Gasteiger partial charge on any atom is 0.137 e. The Morgan fingerprint density at radius 1 is 1.09 bits per heavy atom. The molecule has 0 saturated carbocycles. The third-order valence-corrected chi connectivity index (χ3v) is 6.51. The Balaban J connectivity index is 1.47. The lowest BCUT2D eigenvalue weighted by Gasteiger charge is -2.34. The zero-order chi connectivity index (χ0) is 24.4. The second-order valence-corrected chi connectivity index (χ2v) is 8.68. The fourth-order valence-electron chi connectivity index (χ4n) is 4.47. The summed E-state index contributed by atoms with van der Waals surface area (Å²) in [5.41, 5.74) is 1.09. The number of benzene rings is 2. The van der Waals surface area contributed by atoms with Gasteiger partial charge in [-0.3, -0.25) is 4.68 Å². The molecular weight excluding hydrogens is 454 g/mol. The second-order valence-electron chi connectivity index (χ2n) is 8.68. The Bertz CT molecular complexity index is 1290. The molecule has 2 aromatic heterocycles. The molecule has 182 valence electrons. The van der Waals surface area contributed by atoms with Crippen LogP contribution in [0.3, 0.4) is 0 Å². The second kappa shape index (κ2) is 9.55. The minimum atomic E-state index is -1.79. The van der Waals surface area contributed by atoms with E-state index in [4.69, 9.17) is 4.74 Å². The normalized spacial score (nSPS) is 16.7. The van der Waals surface area contributed by atoms with Crippen LogP contribution in [0.25, 0.3) is 11.1 Å². The monoisotopic (exact) mass is 480 g/mol. The van der Waals surface area contributed by atoms with Crippen molar-refractivity contribution in [1.82, 2.24) is 24.5 Å². The van der Waals surface area contributed by atoms with Gasteiger partial charge in [-0.05, 0) is 30.7 Å². The summed E-state index contributed by atoms with van der Waals surface area (Å²) in [7, 11) is 0. The molecule has 1 N–H and O–H groups in total. The van der Waals surface area contributed by atoms with Gasteiger partial charge in [-0.1, -0.05) is 18.2 Å². The molecule has 0 amide bonds. The summed E-state index contributed by atoms with van der Waals surface area (Å²) < 4.78 is 36.9. The van der Waals surface area contributed by atoms with Gasteiger partial charge in [0.15, 0.2) is 0 Å². The molecule has 0 radical (unpaired) electrons. The van der Waals surface area contributed by atoms with Gasteiger partial charge in [0, 0.05) is 42.2 Å². The molecule has 35 heavy (non-hydrogen) atoms. The Morgan fingerprint density at radius 3 is 2.66 bits per heavy atom. The summed E-state index contributed by atoms with van der Waals surface area (Å²) in [6, 6.07) is 10.6. The van der Waals surface area contributed by atoms with Crippen molar-refractivity contribution in [1.29, 1.82) is 0 Å². The highest BCUT2D eigenvalue weighted by molar-refractivity contribution is 5.67. The maximum atomic E-state index is 14.9. The summed E-state index contributed by atoms with van der Waals surface area (Å²) in [6.45, 7) is 4.70. The molecule has 0 unspecified atom stereocenters. The standard InChI is InChI=1S/C25H26F2N6O2/c1-18(25(34,15-32-17-28-16-30-32)23-6-5-21(26)12-24(23)27)33-14-20(13-29-33)19-3-2-4-22(11-19)31-7-9-35-10-8-31/h2-6,11-14,16-18,34H,7-10,15H2,1H3/t18-,25-/m1/s1. The average molecular weight is 481 g/mol. The average Bonchev–Trinajstić information content (AvgIpc) is 3.56. The van der Waals surface area contributed by atoms with E-state index in [1.165, 1.54) is 23.4 Å². The molecule has 1 fully saturated rings. The minimum absolute atomic E-state index is 0.0479. The summed E-state index contributed by atoms with van der Waals surface area (Å²) in [5, 5.41) is 20.4. The minimum Gasteiger partial charge on any atom is -0.381 e. The smallest absolute Gasteiger partial charge is 0.137 e. The van der Waals surface area contributed by atoms with Crippen molar-refractivity contribution < 1.29 is 18.6 Å². The summed E-state index contributed by atoms with van der Waals surface area (Å²) in [6.07, 6.45) is 6.30. The van der Waals surface area contributed by atoms with Gasteiger partial charge in [-0.2, -0.15) is 10.2 Å². The third-order valence-electron chi connectivity index (χ3n) is 6.51. The molecule has 4 aromatic rings. The number of hydrogen-bond donors (Lipinski definition) is 1. The summed E-state index contributed by atoms with van der Waals surface area (Å²) in [5.74, 6) is -1.56. The molecule has 10 heteroatoms. The molecule has 0 spiro atoms. The van der Waals surface area contributed by atoms with Gasteiger partial charge < -0.3 is 14.7 Å². The van der Waals surface area contributed by atoms with E-state index in [2.05, 4.69) is 32.2 Å². The van der Waals surface area contributed by atoms with E-state index in [-0.39, 0.29) is 12.1 Å². The predicted octanol–water partition coefficient (Wildman–Crippen LogP) is 3.41. The van der Waals surface area contributed by atoms with Crippen LogP contribution in [-0.4, -0.2) is 56.0 Å². The Hall–Kier alpha value is -3.63. The highest BCUT2D eigenvalue weighted by Crippen LogP contribution is 2.37. The SMILES string of the molecule is C[C@@H](n1cc(-c2cccc(N3CCOCC3)c2)cn1)[C@](O)(Cn1cncn1)c1ccc(F)cc1F. The lowest BCUT2D eigenvalue weighted by atomic mass is 9.86. The van der Waals surface area contributed by atoms with Gasteiger partial charge in [0.25, 0.3) is 0 Å². The molecular formula is C25H26F2N6O2. The first-order valence-corrected chi connectivity index (χ1v) is 11.4. The molecule has 2 atom stereocenters. The zero-order valence-electron chi connectivity index (χ0n) is 19.3. The first-order chi connectivity index (χ1) is 16.9. The van der Waals surface area contributed by atoms with Gasteiger partial charge >= 0.3 is 0 Å². The van der Waals surface area contributed by atoms with Gasteiger partial charge in [-0.25, -0.2) is 18.4 Å². The number of rotatable bonds is 7. The summed E-state index contributed by atoms with van der Waals surface area (Å²) >= 11 is 0. The van der Waals surface area contributed by atoms with Crippen LogP contribution in [0, 0.1) is 11.6 Å². The van der Waals surface area contributed by atoms with Gasteiger partial charge in [0.05, 0.1) is 32.0 Å². The quantitative estimate of drug-likeness (QED) is 0.437.